The van der Waals surface area contributed by atoms with Crippen LogP contribution in [0.2, 0.25) is 0 Å². The molecular formula is C16H20N2O3. The van der Waals surface area contributed by atoms with Crippen molar-refractivity contribution < 1.29 is 14.3 Å². The van der Waals surface area contributed by atoms with Gasteiger partial charge in [0, 0.05) is 37.3 Å². The molecule has 2 aliphatic heterocycles. The third-order valence-electron chi connectivity index (χ3n) is 4.05. The fraction of sp³-hybridized carbons (Fsp3) is 0.500. The van der Waals surface area contributed by atoms with Gasteiger partial charge >= 0.3 is 0 Å². The molecule has 2 fully saturated rings. The minimum atomic E-state index is -0.0191. The maximum atomic E-state index is 12.4. The van der Waals surface area contributed by atoms with E-state index in [0.29, 0.717) is 37.4 Å². The van der Waals surface area contributed by atoms with Crippen molar-refractivity contribution in [2.75, 3.05) is 39.4 Å². The largest absolute Gasteiger partial charge is 0.378 e. The van der Waals surface area contributed by atoms with Gasteiger partial charge in [-0.15, -0.1) is 0 Å². The topological polar surface area (TPSA) is 49.9 Å². The van der Waals surface area contributed by atoms with E-state index in [2.05, 4.69) is 0 Å². The molecule has 0 aromatic heterocycles. The molecule has 2 heterocycles. The van der Waals surface area contributed by atoms with Crippen molar-refractivity contribution >= 4 is 11.8 Å². The highest BCUT2D eigenvalue weighted by atomic mass is 16.5. The summed E-state index contributed by atoms with van der Waals surface area (Å²) in [6.45, 7) is 4.03. The lowest BCUT2D eigenvalue weighted by molar-refractivity contribution is 0.0303. The predicted octanol–water partition coefficient (Wildman–Crippen LogP) is 1.40. The van der Waals surface area contributed by atoms with Crippen LogP contribution in [0.1, 0.15) is 33.6 Å². The van der Waals surface area contributed by atoms with Crippen molar-refractivity contribution in [3.63, 3.8) is 0 Å². The Bertz CT molecular complexity index is 532. The van der Waals surface area contributed by atoms with Gasteiger partial charge in [0.15, 0.2) is 0 Å². The van der Waals surface area contributed by atoms with Crippen LogP contribution in [0.5, 0.6) is 0 Å². The van der Waals surface area contributed by atoms with E-state index >= 15 is 0 Å². The number of ether oxygens (including phenoxy) is 1. The average Bonchev–Trinajstić information content (AvgIpc) is 3.09. The van der Waals surface area contributed by atoms with Crippen LogP contribution < -0.4 is 0 Å². The van der Waals surface area contributed by atoms with Crippen LogP contribution in [0, 0.1) is 0 Å². The number of hydrogen-bond donors (Lipinski definition) is 0. The molecule has 2 amide bonds. The van der Waals surface area contributed by atoms with Crippen LogP contribution in [0.4, 0.5) is 0 Å². The van der Waals surface area contributed by atoms with Crippen LogP contribution in [0.15, 0.2) is 24.3 Å². The van der Waals surface area contributed by atoms with Gasteiger partial charge in [-0.25, -0.2) is 0 Å². The van der Waals surface area contributed by atoms with Gasteiger partial charge in [0.1, 0.15) is 0 Å². The van der Waals surface area contributed by atoms with Crippen molar-refractivity contribution in [2.45, 2.75) is 12.8 Å². The molecule has 0 spiro atoms. The molecule has 21 heavy (non-hydrogen) atoms. The highest BCUT2D eigenvalue weighted by Crippen LogP contribution is 2.15. The Balaban J connectivity index is 1.75. The number of benzene rings is 1. The summed E-state index contributed by atoms with van der Waals surface area (Å²) < 4.78 is 5.26. The summed E-state index contributed by atoms with van der Waals surface area (Å²) in [6, 6.07) is 7.07. The number of carbonyl (C=O) groups excluding carboxylic acids is 2. The molecule has 2 aliphatic rings. The molecule has 0 aliphatic carbocycles. The molecule has 0 bridgehead atoms. The van der Waals surface area contributed by atoms with Crippen LogP contribution in [0.25, 0.3) is 0 Å². The monoisotopic (exact) mass is 288 g/mol. The molecule has 0 radical (unpaired) electrons. The number of hydrogen-bond acceptors (Lipinski definition) is 3. The Morgan fingerprint density at radius 3 is 1.95 bits per heavy atom. The molecule has 1 aromatic rings. The summed E-state index contributed by atoms with van der Waals surface area (Å²) in [4.78, 5) is 28.5. The minimum Gasteiger partial charge on any atom is -0.378 e. The molecule has 0 N–H and O–H groups in total. The first-order valence-electron chi connectivity index (χ1n) is 7.52. The Morgan fingerprint density at radius 2 is 1.38 bits per heavy atom. The van der Waals surface area contributed by atoms with Gasteiger partial charge in [0.05, 0.1) is 13.2 Å². The molecule has 5 heteroatoms. The van der Waals surface area contributed by atoms with Crippen molar-refractivity contribution in [3.05, 3.63) is 35.4 Å². The zero-order valence-corrected chi connectivity index (χ0v) is 12.1. The molecule has 2 saturated heterocycles. The summed E-state index contributed by atoms with van der Waals surface area (Å²) in [5, 5.41) is 0. The second-order valence-corrected chi connectivity index (χ2v) is 5.48. The maximum absolute atomic E-state index is 12.4. The molecule has 0 unspecified atom stereocenters. The van der Waals surface area contributed by atoms with E-state index in [1.807, 2.05) is 4.90 Å². The number of likely N-dealkylation sites (tertiary alicyclic amines) is 1. The van der Waals surface area contributed by atoms with E-state index in [9.17, 15) is 9.59 Å². The summed E-state index contributed by atoms with van der Waals surface area (Å²) >= 11 is 0. The summed E-state index contributed by atoms with van der Waals surface area (Å²) in [5.41, 5.74) is 1.19. The molecule has 0 saturated carbocycles. The number of amides is 2. The maximum Gasteiger partial charge on any atom is 0.254 e. The summed E-state index contributed by atoms with van der Waals surface area (Å²) in [7, 11) is 0. The predicted molar refractivity (Wildman–Crippen MR) is 78.3 cm³/mol. The standard InChI is InChI=1S/C16H20N2O3/c19-15(17-6-1-2-7-17)13-4-3-5-14(12-13)16(20)18-8-10-21-11-9-18/h3-5,12H,1-2,6-11H2. The van der Waals surface area contributed by atoms with E-state index < -0.39 is 0 Å². The van der Waals surface area contributed by atoms with Crippen molar-refractivity contribution in [2.24, 2.45) is 0 Å². The zero-order valence-electron chi connectivity index (χ0n) is 12.1. The van der Waals surface area contributed by atoms with Crippen LogP contribution in [-0.4, -0.2) is 61.0 Å². The Labute approximate surface area is 124 Å². The van der Waals surface area contributed by atoms with Gasteiger partial charge in [-0.2, -0.15) is 0 Å². The van der Waals surface area contributed by atoms with E-state index in [1.165, 1.54) is 0 Å². The number of rotatable bonds is 2. The SMILES string of the molecule is O=C(c1cccc(C(=O)N2CCOCC2)c1)N1CCCC1. The van der Waals surface area contributed by atoms with E-state index in [1.54, 1.807) is 29.2 Å². The molecule has 3 rings (SSSR count). The van der Waals surface area contributed by atoms with Crippen LogP contribution >= 0.6 is 0 Å². The van der Waals surface area contributed by atoms with Gasteiger partial charge in [0.25, 0.3) is 11.8 Å². The second-order valence-electron chi connectivity index (χ2n) is 5.48. The molecule has 1 aromatic carbocycles. The lowest BCUT2D eigenvalue weighted by Gasteiger charge is -2.27. The van der Waals surface area contributed by atoms with Crippen molar-refractivity contribution in [3.8, 4) is 0 Å². The first-order valence-corrected chi connectivity index (χ1v) is 7.52. The van der Waals surface area contributed by atoms with Gasteiger partial charge in [-0.05, 0) is 31.0 Å². The summed E-state index contributed by atoms with van der Waals surface area (Å²) in [5.74, 6) is 0.0125. The lowest BCUT2D eigenvalue weighted by atomic mass is 10.1. The minimum absolute atomic E-state index is 0.0191. The highest BCUT2D eigenvalue weighted by molar-refractivity contribution is 5.99. The lowest BCUT2D eigenvalue weighted by Crippen LogP contribution is -2.40. The smallest absolute Gasteiger partial charge is 0.254 e. The first-order chi connectivity index (χ1) is 10.3. The number of morpholine rings is 1. The molecule has 0 atom stereocenters. The third-order valence-corrected chi connectivity index (χ3v) is 4.05. The Morgan fingerprint density at radius 1 is 0.857 bits per heavy atom. The average molecular weight is 288 g/mol. The zero-order chi connectivity index (χ0) is 14.7. The summed E-state index contributed by atoms with van der Waals surface area (Å²) in [6.07, 6.45) is 2.14. The molecular weight excluding hydrogens is 268 g/mol. The van der Waals surface area contributed by atoms with Crippen molar-refractivity contribution in [1.82, 2.24) is 9.80 Å². The van der Waals surface area contributed by atoms with Gasteiger partial charge < -0.3 is 14.5 Å². The van der Waals surface area contributed by atoms with Gasteiger partial charge in [-0.3, -0.25) is 9.59 Å². The quantitative estimate of drug-likeness (QED) is 0.826. The number of carbonyl (C=O) groups is 2. The fourth-order valence-electron chi connectivity index (χ4n) is 2.84. The first kappa shape index (κ1) is 14.1. The van der Waals surface area contributed by atoms with Gasteiger partial charge in [0.2, 0.25) is 0 Å². The number of nitrogens with zero attached hydrogens (tertiary/aromatic N) is 2. The van der Waals surface area contributed by atoms with E-state index in [-0.39, 0.29) is 11.8 Å². The fourth-order valence-corrected chi connectivity index (χ4v) is 2.84. The van der Waals surface area contributed by atoms with Crippen molar-refractivity contribution in [1.29, 1.82) is 0 Å². The Kier molecular flexibility index (Phi) is 4.20. The van der Waals surface area contributed by atoms with Crippen LogP contribution in [-0.2, 0) is 4.74 Å². The molecule has 112 valence electrons. The Hall–Kier alpha value is -1.88. The molecule has 5 nitrogen and oxygen atoms in total. The van der Waals surface area contributed by atoms with E-state index in [0.717, 1.165) is 25.9 Å². The second kappa shape index (κ2) is 6.26. The van der Waals surface area contributed by atoms with E-state index in [4.69, 9.17) is 4.74 Å². The highest BCUT2D eigenvalue weighted by Gasteiger charge is 2.22. The van der Waals surface area contributed by atoms with Crippen LogP contribution in [0.3, 0.4) is 0 Å². The van der Waals surface area contributed by atoms with Gasteiger partial charge in [-0.1, -0.05) is 6.07 Å². The third kappa shape index (κ3) is 3.08. The normalized spacial score (nSPS) is 18.9.